The predicted octanol–water partition coefficient (Wildman–Crippen LogP) is 2.97. The van der Waals surface area contributed by atoms with E-state index in [2.05, 4.69) is 38.5 Å². The number of aryl methyl sites for hydroxylation is 1. The molecule has 0 aliphatic carbocycles. The molecule has 3 aromatic rings. The molecule has 0 amide bonds. The van der Waals surface area contributed by atoms with Gasteiger partial charge in [-0.05, 0) is 31.2 Å². The van der Waals surface area contributed by atoms with Crippen molar-refractivity contribution in [2.45, 2.75) is 32.0 Å². The number of hydrogen-bond acceptors (Lipinski definition) is 5. The van der Waals surface area contributed by atoms with Gasteiger partial charge in [-0.2, -0.15) is 9.50 Å². The standard InChI is InChI=1S/C16H19ClN6S/c1-4-7-18-14-8-11(2)22(10-12-5-6-13(17)19-9-12)16-20-15(24-3)21-23(14)16/h5-6,8-9H,4,7,10H2,1-3H3. The van der Waals surface area contributed by atoms with Crippen LogP contribution in [0.4, 0.5) is 0 Å². The Kier molecular flexibility index (Phi) is 5.20. The molecule has 0 unspecified atom stereocenters. The van der Waals surface area contributed by atoms with Gasteiger partial charge in [0.1, 0.15) is 5.15 Å². The summed E-state index contributed by atoms with van der Waals surface area (Å²) in [6, 6.07) is 5.82. The fourth-order valence-electron chi connectivity index (χ4n) is 2.40. The second-order valence-corrected chi connectivity index (χ2v) is 6.57. The van der Waals surface area contributed by atoms with Gasteiger partial charge < -0.3 is 4.57 Å². The Morgan fingerprint density at radius 2 is 2.17 bits per heavy atom. The molecule has 0 aliphatic rings. The van der Waals surface area contributed by atoms with E-state index in [1.807, 2.05) is 22.9 Å². The second-order valence-electron chi connectivity index (χ2n) is 5.41. The number of pyridine rings is 1. The predicted molar refractivity (Wildman–Crippen MR) is 96.6 cm³/mol. The first-order valence-corrected chi connectivity index (χ1v) is 9.34. The van der Waals surface area contributed by atoms with Gasteiger partial charge in [0.05, 0.1) is 6.54 Å². The third-order valence-corrected chi connectivity index (χ3v) is 4.36. The van der Waals surface area contributed by atoms with E-state index in [1.165, 1.54) is 11.8 Å². The van der Waals surface area contributed by atoms with E-state index >= 15 is 0 Å². The van der Waals surface area contributed by atoms with Crippen molar-refractivity contribution in [3.8, 4) is 0 Å². The van der Waals surface area contributed by atoms with Crippen LogP contribution in [0, 0.1) is 6.92 Å². The molecular formula is C16H19ClN6S. The fraction of sp³-hybridized carbons (Fsp3) is 0.375. The smallest absolute Gasteiger partial charge is 0.235 e. The van der Waals surface area contributed by atoms with Gasteiger partial charge in [-0.25, -0.2) is 4.98 Å². The molecule has 6 nitrogen and oxygen atoms in total. The zero-order valence-electron chi connectivity index (χ0n) is 13.9. The fourth-order valence-corrected chi connectivity index (χ4v) is 2.85. The Morgan fingerprint density at radius 3 is 2.83 bits per heavy atom. The minimum atomic E-state index is 0.492. The first-order chi connectivity index (χ1) is 11.6. The molecule has 3 heterocycles. The Morgan fingerprint density at radius 1 is 1.33 bits per heavy atom. The Balaban J connectivity index is 2.15. The van der Waals surface area contributed by atoms with Crippen molar-refractivity contribution in [1.29, 1.82) is 0 Å². The zero-order chi connectivity index (χ0) is 17.1. The van der Waals surface area contributed by atoms with Crippen LogP contribution in [0.25, 0.3) is 5.78 Å². The lowest BCUT2D eigenvalue weighted by molar-refractivity contribution is 0.711. The van der Waals surface area contributed by atoms with Crippen LogP contribution in [0.3, 0.4) is 0 Å². The number of thioether (sulfide) groups is 1. The molecule has 0 saturated heterocycles. The van der Waals surface area contributed by atoms with Crippen LogP contribution in [0.15, 0.2) is 34.5 Å². The van der Waals surface area contributed by atoms with Crippen molar-refractivity contribution in [3.63, 3.8) is 0 Å². The van der Waals surface area contributed by atoms with Gasteiger partial charge in [-0.3, -0.25) is 4.99 Å². The maximum Gasteiger partial charge on any atom is 0.235 e. The highest BCUT2D eigenvalue weighted by molar-refractivity contribution is 7.98. The van der Waals surface area contributed by atoms with Gasteiger partial charge in [-0.1, -0.05) is 36.4 Å². The molecule has 0 bridgehead atoms. The third-order valence-electron chi connectivity index (χ3n) is 3.60. The van der Waals surface area contributed by atoms with Crippen molar-refractivity contribution in [2.75, 3.05) is 12.8 Å². The minimum Gasteiger partial charge on any atom is -0.310 e. The second kappa shape index (κ2) is 7.36. The minimum absolute atomic E-state index is 0.492. The summed E-state index contributed by atoms with van der Waals surface area (Å²) < 4.78 is 3.93. The normalized spacial score (nSPS) is 12.2. The number of nitrogens with zero attached hydrogens (tertiary/aromatic N) is 6. The van der Waals surface area contributed by atoms with Crippen LogP contribution in [0.2, 0.25) is 5.15 Å². The number of aromatic nitrogens is 5. The highest BCUT2D eigenvalue weighted by Gasteiger charge is 2.11. The molecule has 0 N–H and O–H groups in total. The highest BCUT2D eigenvalue weighted by atomic mass is 35.5. The van der Waals surface area contributed by atoms with E-state index in [9.17, 15) is 0 Å². The topological polar surface area (TPSA) is 60.4 Å². The summed E-state index contributed by atoms with van der Waals surface area (Å²) in [6.07, 6.45) is 4.75. The SMILES string of the molecule is CCCN=c1cc(C)n(Cc2ccc(Cl)nc2)c2nc(SC)nn12. The van der Waals surface area contributed by atoms with Gasteiger partial charge in [0.25, 0.3) is 0 Å². The number of fused-ring (bicyclic) bond motifs is 1. The lowest BCUT2D eigenvalue weighted by Gasteiger charge is -2.12. The van der Waals surface area contributed by atoms with E-state index in [-0.39, 0.29) is 0 Å². The van der Waals surface area contributed by atoms with Crippen molar-refractivity contribution in [3.05, 3.63) is 46.3 Å². The van der Waals surface area contributed by atoms with E-state index < -0.39 is 0 Å². The quantitative estimate of drug-likeness (QED) is 0.517. The molecule has 3 rings (SSSR count). The molecule has 8 heteroatoms. The molecule has 0 fully saturated rings. The summed E-state index contributed by atoms with van der Waals surface area (Å²) in [5, 5.41) is 5.78. The van der Waals surface area contributed by atoms with Crippen LogP contribution < -0.4 is 5.49 Å². The van der Waals surface area contributed by atoms with Gasteiger partial charge in [0.2, 0.25) is 10.9 Å². The Hall–Kier alpha value is -1.86. The van der Waals surface area contributed by atoms with Crippen LogP contribution in [0.1, 0.15) is 24.6 Å². The molecule has 0 aliphatic heterocycles. The molecule has 3 aromatic heterocycles. The average molecular weight is 363 g/mol. The maximum absolute atomic E-state index is 5.87. The van der Waals surface area contributed by atoms with Crippen LogP contribution >= 0.6 is 23.4 Å². The average Bonchev–Trinajstić information content (AvgIpc) is 3.02. The molecule has 0 aromatic carbocycles. The van der Waals surface area contributed by atoms with Crippen LogP contribution in [-0.4, -0.2) is 36.9 Å². The summed E-state index contributed by atoms with van der Waals surface area (Å²) in [4.78, 5) is 13.4. The summed E-state index contributed by atoms with van der Waals surface area (Å²) in [6.45, 7) is 5.59. The van der Waals surface area contributed by atoms with Crippen LogP contribution in [-0.2, 0) is 6.54 Å². The lowest BCUT2D eigenvalue weighted by Crippen LogP contribution is -2.22. The number of halogens is 1. The van der Waals surface area contributed by atoms with E-state index in [1.54, 1.807) is 12.3 Å². The molecule has 0 atom stereocenters. The third kappa shape index (κ3) is 3.47. The first kappa shape index (κ1) is 17.0. The first-order valence-electron chi connectivity index (χ1n) is 7.74. The van der Waals surface area contributed by atoms with Crippen molar-refractivity contribution in [1.82, 2.24) is 24.1 Å². The number of hydrogen-bond donors (Lipinski definition) is 0. The van der Waals surface area contributed by atoms with Crippen molar-refractivity contribution >= 4 is 29.1 Å². The van der Waals surface area contributed by atoms with Gasteiger partial charge in [-0.15, -0.1) is 5.10 Å². The maximum atomic E-state index is 5.87. The monoisotopic (exact) mass is 362 g/mol. The molecule has 24 heavy (non-hydrogen) atoms. The molecular weight excluding hydrogens is 344 g/mol. The Labute approximate surface area is 149 Å². The lowest BCUT2D eigenvalue weighted by atomic mass is 10.2. The number of rotatable bonds is 5. The largest absolute Gasteiger partial charge is 0.310 e. The zero-order valence-corrected chi connectivity index (χ0v) is 15.5. The molecule has 0 spiro atoms. The summed E-state index contributed by atoms with van der Waals surface area (Å²) in [5.41, 5.74) is 2.97. The molecule has 0 saturated carbocycles. The molecule has 0 radical (unpaired) electrons. The van der Waals surface area contributed by atoms with Gasteiger partial charge in [0.15, 0.2) is 5.49 Å². The van der Waals surface area contributed by atoms with Crippen molar-refractivity contribution < 1.29 is 0 Å². The highest BCUT2D eigenvalue weighted by Crippen LogP contribution is 2.14. The Bertz CT molecular complexity index is 913. The van der Waals surface area contributed by atoms with E-state index in [0.29, 0.717) is 11.7 Å². The summed E-state index contributed by atoms with van der Waals surface area (Å²) >= 11 is 7.39. The summed E-state index contributed by atoms with van der Waals surface area (Å²) in [7, 11) is 0. The van der Waals surface area contributed by atoms with Crippen molar-refractivity contribution in [2.24, 2.45) is 4.99 Å². The van der Waals surface area contributed by atoms with E-state index in [0.717, 1.165) is 40.6 Å². The van der Waals surface area contributed by atoms with E-state index in [4.69, 9.17) is 11.6 Å². The van der Waals surface area contributed by atoms with Gasteiger partial charge in [0, 0.05) is 24.5 Å². The van der Waals surface area contributed by atoms with Crippen LogP contribution in [0.5, 0.6) is 0 Å². The summed E-state index contributed by atoms with van der Waals surface area (Å²) in [5.74, 6) is 0.782. The molecule has 126 valence electrons. The van der Waals surface area contributed by atoms with Gasteiger partial charge >= 0.3 is 0 Å².